The molecule has 0 unspecified atom stereocenters. The Bertz CT molecular complexity index is 1300. The van der Waals surface area contributed by atoms with Crippen molar-refractivity contribution < 1.29 is 13.9 Å². The van der Waals surface area contributed by atoms with Crippen LogP contribution in [0.5, 0.6) is 5.75 Å². The first kappa shape index (κ1) is 19.7. The maximum absolute atomic E-state index is 12.8. The third kappa shape index (κ3) is 4.04. The number of hydrogen-bond acceptors (Lipinski definition) is 5. The molecule has 0 aliphatic rings. The average molecular weight is 421 g/mol. The Morgan fingerprint density at radius 3 is 2.77 bits per heavy atom. The molecule has 150 valence electrons. The minimum absolute atomic E-state index is 0.177. The molecule has 0 fully saturated rings. The lowest BCUT2D eigenvalue weighted by molar-refractivity contribution is 0.102. The van der Waals surface area contributed by atoms with Crippen LogP contribution in [0.25, 0.3) is 22.4 Å². The number of nitrogens with zero attached hydrogens (tertiary/aromatic N) is 1. The van der Waals surface area contributed by atoms with Crippen LogP contribution in [-0.4, -0.2) is 17.5 Å². The molecule has 0 radical (unpaired) electrons. The fraction of sp³-hybridized carbons (Fsp3) is 0.0870. The van der Waals surface area contributed by atoms with Gasteiger partial charge in [-0.3, -0.25) is 4.79 Å². The molecule has 0 aliphatic heterocycles. The molecular formula is C23H17ClN2O4. The van der Waals surface area contributed by atoms with Crippen LogP contribution in [0.1, 0.15) is 17.3 Å². The van der Waals surface area contributed by atoms with Gasteiger partial charge in [-0.05, 0) is 55.5 Å². The van der Waals surface area contributed by atoms with Crippen molar-refractivity contribution in [2.24, 2.45) is 0 Å². The zero-order valence-corrected chi connectivity index (χ0v) is 16.8. The third-order valence-corrected chi connectivity index (χ3v) is 4.63. The summed E-state index contributed by atoms with van der Waals surface area (Å²) in [6, 6.07) is 18.7. The summed E-state index contributed by atoms with van der Waals surface area (Å²) in [5, 5.41) is 3.72. The number of nitrogens with one attached hydrogen (secondary N) is 1. The van der Waals surface area contributed by atoms with E-state index in [1.165, 1.54) is 0 Å². The number of carbonyl (C=O) groups excluding carboxylic acids is 1. The first-order chi connectivity index (χ1) is 14.5. The number of halogens is 1. The lowest BCUT2D eigenvalue weighted by Crippen LogP contribution is -2.13. The molecule has 0 atom stereocenters. The van der Waals surface area contributed by atoms with Gasteiger partial charge in [-0.1, -0.05) is 29.8 Å². The van der Waals surface area contributed by atoms with Crippen molar-refractivity contribution >= 4 is 34.1 Å². The molecular weight excluding hydrogens is 404 g/mol. The number of fused-ring (bicyclic) bond motifs is 1. The van der Waals surface area contributed by atoms with Gasteiger partial charge in [0.25, 0.3) is 5.91 Å². The molecule has 30 heavy (non-hydrogen) atoms. The van der Waals surface area contributed by atoms with Crippen molar-refractivity contribution in [3.05, 3.63) is 87.7 Å². The van der Waals surface area contributed by atoms with Crippen molar-refractivity contribution in [1.29, 1.82) is 0 Å². The highest BCUT2D eigenvalue weighted by atomic mass is 35.5. The first-order valence-corrected chi connectivity index (χ1v) is 9.67. The lowest BCUT2D eigenvalue weighted by Gasteiger charge is -2.11. The maximum Gasteiger partial charge on any atom is 0.347 e. The highest BCUT2D eigenvalue weighted by Crippen LogP contribution is 2.26. The highest BCUT2D eigenvalue weighted by molar-refractivity contribution is 6.31. The first-order valence-electron chi connectivity index (χ1n) is 9.29. The second-order valence-corrected chi connectivity index (χ2v) is 6.87. The predicted octanol–water partition coefficient (Wildman–Crippen LogP) is 5.16. The third-order valence-electron chi connectivity index (χ3n) is 4.39. The number of ether oxygens (including phenoxy) is 1. The maximum atomic E-state index is 12.8. The summed E-state index contributed by atoms with van der Waals surface area (Å²) >= 11 is 6.01. The van der Waals surface area contributed by atoms with Gasteiger partial charge in [0.05, 0.1) is 23.1 Å². The largest absolute Gasteiger partial charge is 0.493 e. The van der Waals surface area contributed by atoms with Gasteiger partial charge in [-0.25, -0.2) is 9.78 Å². The van der Waals surface area contributed by atoms with E-state index in [2.05, 4.69) is 10.3 Å². The van der Waals surface area contributed by atoms with Crippen LogP contribution in [0.3, 0.4) is 0 Å². The van der Waals surface area contributed by atoms with E-state index in [4.69, 9.17) is 20.8 Å². The summed E-state index contributed by atoms with van der Waals surface area (Å²) in [6.45, 7) is 2.24. The van der Waals surface area contributed by atoms with Crippen molar-refractivity contribution in [1.82, 2.24) is 4.98 Å². The Morgan fingerprint density at radius 2 is 1.93 bits per heavy atom. The van der Waals surface area contributed by atoms with Gasteiger partial charge in [0.1, 0.15) is 5.75 Å². The molecule has 0 saturated heterocycles. The fourth-order valence-electron chi connectivity index (χ4n) is 3.03. The average Bonchev–Trinajstić information content (AvgIpc) is 2.74. The molecule has 1 heterocycles. The molecule has 4 aromatic rings. The van der Waals surface area contributed by atoms with E-state index in [9.17, 15) is 9.59 Å². The standard InChI is InChI=1S/C23H17ClN2O4/c1-2-29-20-13-15(24)10-11-18(20)21(27)25-16-7-5-6-14(12-16)22-26-19-9-4-3-8-17(19)23(28)30-22/h3-13H,2H2,1H3,(H,25,27). The molecule has 6 nitrogen and oxygen atoms in total. The molecule has 0 saturated carbocycles. The Balaban J connectivity index is 1.65. The van der Waals surface area contributed by atoms with E-state index in [1.54, 1.807) is 66.7 Å². The van der Waals surface area contributed by atoms with Gasteiger partial charge in [0.2, 0.25) is 5.89 Å². The Morgan fingerprint density at radius 1 is 1.10 bits per heavy atom. The SMILES string of the molecule is CCOc1cc(Cl)ccc1C(=O)Nc1cccc(-c2nc3ccccc3c(=O)o2)c1. The monoisotopic (exact) mass is 420 g/mol. The van der Waals surface area contributed by atoms with Crippen LogP contribution in [0, 0.1) is 0 Å². The van der Waals surface area contributed by atoms with Gasteiger partial charge in [-0.15, -0.1) is 0 Å². The lowest BCUT2D eigenvalue weighted by atomic mass is 10.1. The van der Waals surface area contributed by atoms with Crippen molar-refractivity contribution in [2.45, 2.75) is 6.92 Å². The minimum atomic E-state index is -0.465. The number of aromatic nitrogens is 1. The van der Waals surface area contributed by atoms with Crippen LogP contribution in [0.4, 0.5) is 5.69 Å². The van der Waals surface area contributed by atoms with Crippen molar-refractivity contribution in [2.75, 3.05) is 11.9 Å². The van der Waals surface area contributed by atoms with E-state index < -0.39 is 5.63 Å². The smallest absolute Gasteiger partial charge is 0.347 e. The van der Waals surface area contributed by atoms with Gasteiger partial charge in [0, 0.05) is 16.3 Å². The van der Waals surface area contributed by atoms with E-state index in [0.717, 1.165) is 0 Å². The van der Waals surface area contributed by atoms with Crippen LogP contribution >= 0.6 is 11.6 Å². The number of anilines is 1. The van der Waals surface area contributed by atoms with Crippen molar-refractivity contribution in [3.63, 3.8) is 0 Å². The number of para-hydroxylation sites is 1. The summed E-state index contributed by atoms with van der Waals surface area (Å²) in [4.78, 5) is 29.4. The van der Waals surface area contributed by atoms with Gasteiger partial charge in [0.15, 0.2) is 0 Å². The quantitative estimate of drug-likeness (QED) is 0.482. The molecule has 1 amide bonds. The number of hydrogen-bond donors (Lipinski definition) is 1. The molecule has 0 bridgehead atoms. The van der Waals surface area contributed by atoms with Crippen LogP contribution < -0.4 is 15.7 Å². The molecule has 0 spiro atoms. The van der Waals surface area contributed by atoms with Crippen LogP contribution in [0.15, 0.2) is 75.9 Å². The summed E-state index contributed by atoms with van der Waals surface area (Å²) < 4.78 is 10.9. The van der Waals surface area contributed by atoms with Gasteiger partial charge < -0.3 is 14.5 Å². The van der Waals surface area contributed by atoms with Crippen LogP contribution in [-0.2, 0) is 0 Å². The van der Waals surface area contributed by atoms with Gasteiger partial charge >= 0.3 is 5.63 Å². The zero-order valence-electron chi connectivity index (χ0n) is 16.0. The summed E-state index contributed by atoms with van der Waals surface area (Å²) in [6.07, 6.45) is 0. The molecule has 7 heteroatoms. The summed E-state index contributed by atoms with van der Waals surface area (Å²) in [5.41, 5.74) is 1.53. The normalized spacial score (nSPS) is 10.7. The predicted molar refractivity (Wildman–Crippen MR) is 116 cm³/mol. The second kappa shape index (κ2) is 8.39. The fourth-order valence-corrected chi connectivity index (χ4v) is 3.19. The minimum Gasteiger partial charge on any atom is -0.493 e. The topological polar surface area (TPSA) is 81.4 Å². The second-order valence-electron chi connectivity index (χ2n) is 6.43. The van der Waals surface area contributed by atoms with Gasteiger partial charge in [-0.2, -0.15) is 0 Å². The van der Waals surface area contributed by atoms with E-state index >= 15 is 0 Å². The highest BCUT2D eigenvalue weighted by Gasteiger charge is 2.15. The molecule has 0 aliphatic carbocycles. The number of benzene rings is 3. The molecule has 4 rings (SSSR count). The molecule has 1 N–H and O–H groups in total. The number of carbonyl (C=O) groups is 1. The Kier molecular flexibility index (Phi) is 5.50. The Labute approximate surface area is 177 Å². The summed E-state index contributed by atoms with van der Waals surface area (Å²) in [5.74, 6) is 0.234. The summed E-state index contributed by atoms with van der Waals surface area (Å²) in [7, 11) is 0. The van der Waals surface area contributed by atoms with Crippen LogP contribution in [0.2, 0.25) is 5.02 Å². The zero-order chi connectivity index (χ0) is 21.1. The van der Waals surface area contributed by atoms with Crippen molar-refractivity contribution in [3.8, 4) is 17.2 Å². The number of rotatable bonds is 5. The molecule has 1 aromatic heterocycles. The molecule has 3 aromatic carbocycles. The van der Waals surface area contributed by atoms with E-state index in [-0.39, 0.29) is 11.8 Å². The van der Waals surface area contributed by atoms with E-state index in [0.29, 0.717) is 45.1 Å². The number of amides is 1. The van der Waals surface area contributed by atoms with E-state index in [1.807, 2.05) is 6.92 Å². The Hall–Kier alpha value is -3.64.